The summed E-state index contributed by atoms with van der Waals surface area (Å²) in [6.07, 6.45) is -0.231. The van der Waals surface area contributed by atoms with Crippen LogP contribution in [0.25, 0.3) is 0 Å². The fraction of sp³-hybridized carbons (Fsp3) is 0.889. The predicted octanol–water partition coefficient (Wildman–Crippen LogP) is 0.389. The molecule has 0 aromatic heterocycles. The monoisotopic (exact) mass is 251 g/mol. The van der Waals surface area contributed by atoms with Gasteiger partial charge in [0, 0.05) is 13.2 Å². The van der Waals surface area contributed by atoms with Gasteiger partial charge in [0.25, 0.3) is 0 Å². The number of ether oxygens (including phenoxy) is 1. The van der Waals surface area contributed by atoms with E-state index in [-0.39, 0.29) is 13.2 Å². The summed E-state index contributed by atoms with van der Waals surface area (Å²) in [6.45, 7) is 6.56. The summed E-state index contributed by atoms with van der Waals surface area (Å²) in [5.41, 5.74) is 0. The van der Waals surface area contributed by atoms with Crippen molar-refractivity contribution >= 4 is 14.7 Å². The van der Waals surface area contributed by atoms with Crippen molar-refractivity contribution < 1.29 is 23.5 Å². The van der Waals surface area contributed by atoms with Gasteiger partial charge in [-0.1, -0.05) is 0 Å². The average Bonchev–Trinajstić information content (AvgIpc) is 2.24. The van der Waals surface area contributed by atoms with E-state index >= 15 is 0 Å². The highest BCUT2D eigenvalue weighted by Crippen LogP contribution is 2.05. The number of aliphatic hydroxyl groups excluding tert-OH is 1. The van der Waals surface area contributed by atoms with E-state index in [2.05, 4.69) is 10.1 Å². The van der Waals surface area contributed by atoms with Crippen molar-refractivity contribution in [3.63, 3.8) is 0 Å². The minimum Gasteiger partial charge on any atom is -0.447 e. The maximum atomic E-state index is 11.1. The number of amides is 1. The Bertz CT molecular complexity index is 196. The van der Waals surface area contributed by atoms with Gasteiger partial charge in [-0.05, 0) is 20.4 Å². The minimum absolute atomic E-state index is 0.00657. The van der Waals surface area contributed by atoms with Crippen LogP contribution < -0.4 is 5.32 Å². The van der Waals surface area contributed by atoms with Crippen LogP contribution in [0.3, 0.4) is 0 Å². The van der Waals surface area contributed by atoms with E-state index in [1.165, 1.54) is 0 Å². The Morgan fingerprint density at radius 1 is 1.31 bits per heavy atom. The first-order valence-electron chi connectivity index (χ1n) is 5.37. The third kappa shape index (κ3) is 6.78. The van der Waals surface area contributed by atoms with E-state index in [9.17, 15) is 4.79 Å². The van der Waals surface area contributed by atoms with E-state index in [4.69, 9.17) is 14.0 Å². The van der Waals surface area contributed by atoms with Gasteiger partial charge in [-0.15, -0.1) is 0 Å². The molecule has 0 fully saturated rings. The van der Waals surface area contributed by atoms with Crippen LogP contribution >= 0.6 is 0 Å². The fourth-order valence-corrected chi connectivity index (χ4v) is 3.15. The van der Waals surface area contributed by atoms with Gasteiger partial charge in [0.2, 0.25) is 0 Å². The van der Waals surface area contributed by atoms with Crippen LogP contribution in [0, 0.1) is 0 Å². The Balaban J connectivity index is 3.95. The van der Waals surface area contributed by atoms with Crippen LogP contribution in [-0.2, 0) is 13.6 Å². The topological polar surface area (TPSA) is 77.0 Å². The van der Waals surface area contributed by atoms with Crippen molar-refractivity contribution in [3.8, 4) is 0 Å². The summed E-state index contributed by atoms with van der Waals surface area (Å²) >= 11 is 0. The molecular weight excluding hydrogens is 230 g/mol. The van der Waals surface area contributed by atoms with E-state index < -0.39 is 14.7 Å². The Kier molecular flexibility index (Phi) is 8.17. The maximum Gasteiger partial charge on any atom is 0.407 e. The fourth-order valence-electron chi connectivity index (χ4n) is 1.18. The Labute approximate surface area is 97.1 Å². The molecule has 6 nitrogen and oxygen atoms in total. The zero-order valence-electron chi connectivity index (χ0n) is 10.1. The van der Waals surface area contributed by atoms with E-state index in [1.807, 2.05) is 20.4 Å². The summed E-state index contributed by atoms with van der Waals surface area (Å²) in [5, 5.41) is 11.0. The van der Waals surface area contributed by atoms with E-state index in [0.717, 1.165) is 0 Å². The molecule has 96 valence electrons. The van der Waals surface area contributed by atoms with Crippen LogP contribution in [0.1, 0.15) is 13.8 Å². The predicted molar refractivity (Wildman–Crippen MR) is 61.3 cm³/mol. The molecule has 0 rings (SSSR count). The van der Waals surface area contributed by atoms with Crippen LogP contribution in [0.4, 0.5) is 4.79 Å². The number of aliphatic hydroxyl groups is 1. The highest BCUT2D eigenvalue weighted by molar-refractivity contribution is 6.66. The SMILES string of the molecule is CCO[Si](C)(CNC(=O)OCCO)OCC. The number of carbonyl (C=O) groups excluding carboxylic acids is 1. The lowest BCUT2D eigenvalue weighted by molar-refractivity contribution is 0.118. The minimum atomic E-state index is -2.33. The van der Waals surface area contributed by atoms with Crippen molar-refractivity contribution in [2.75, 3.05) is 32.6 Å². The number of alkyl carbamates (subject to hydrolysis) is 1. The Morgan fingerprint density at radius 3 is 2.31 bits per heavy atom. The third-order valence-corrected chi connectivity index (χ3v) is 4.40. The van der Waals surface area contributed by atoms with Gasteiger partial charge >= 0.3 is 14.7 Å². The molecule has 0 unspecified atom stereocenters. The summed E-state index contributed by atoms with van der Waals surface area (Å²) in [5.74, 6) is 0. The van der Waals surface area contributed by atoms with Crippen LogP contribution in [0.5, 0.6) is 0 Å². The second-order valence-electron chi connectivity index (χ2n) is 3.21. The van der Waals surface area contributed by atoms with Crippen LogP contribution in [-0.4, -0.2) is 52.4 Å². The van der Waals surface area contributed by atoms with Gasteiger partial charge in [0.15, 0.2) is 0 Å². The molecule has 16 heavy (non-hydrogen) atoms. The molecule has 0 atom stereocenters. The van der Waals surface area contributed by atoms with Crippen molar-refractivity contribution in [2.45, 2.75) is 20.4 Å². The molecule has 0 aliphatic carbocycles. The summed E-state index contributed by atoms with van der Waals surface area (Å²) in [7, 11) is -2.33. The highest BCUT2D eigenvalue weighted by atomic mass is 28.4. The molecule has 0 heterocycles. The third-order valence-electron chi connectivity index (χ3n) is 1.78. The molecule has 0 aromatic carbocycles. The first-order valence-corrected chi connectivity index (χ1v) is 7.89. The molecule has 0 aliphatic heterocycles. The normalized spacial score (nSPS) is 11.2. The molecule has 0 bridgehead atoms. The highest BCUT2D eigenvalue weighted by Gasteiger charge is 2.31. The largest absolute Gasteiger partial charge is 0.447 e. The molecule has 0 saturated heterocycles. The summed E-state index contributed by atoms with van der Waals surface area (Å²) in [6, 6.07) is 0. The van der Waals surface area contributed by atoms with Crippen LogP contribution in [0.15, 0.2) is 0 Å². The number of rotatable bonds is 8. The van der Waals surface area contributed by atoms with Crippen molar-refractivity contribution in [1.82, 2.24) is 5.32 Å². The average molecular weight is 251 g/mol. The molecule has 0 radical (unpaired) electrons. The number of hydrogen-bond acceptors (Lipinski definition) is 5. The van der Waals surface area contributed by atoms with Crippen LogP contribution in [0.2, 0.25) is 6.55 Å². The summed E-state index contributed by atoms with van der Waals surface area (Å²) in [4.78, 5) is 11.1. The lowest BCUT2D eigenvalue weighted by Crippen LogP contribution is -2.50. The van der Waals surface area contributed by atoms with Gasteiger partial charge in [0.1, 0.15) is 6.61 Å². The molecule has 2 N–H and O–H groups in total. The van der Waals surface area contributed by atoms with Gasteiger partial charge in [-0.3, -0.25) is 0 Å². The quantitative estimate of drug-likeness (QED) is 0.610. The lowest BCUT2D eigenvalue weighted by Gasteiger charge is -2.25. The maximum absolute atomic E-state index is 11.1. The molecule has 7 heteroatoms. The molecule has 0 aromatic rings. The van der Waals surface area contributed by atoms with Gasteiger partial charge in [-0.2, -0.15) is 0 Å². The molecule has 0 saturated carbocycles. The number of carbonyl (C=O) groups is 1. The second kappa shape index (κ2) is 8.51. The van der Waals surface area contributed by atoms with E-state index in [1.54, 1.807) is 0 Å². The Hall–Kier alpha value is -0.633. The zero-order valence-corrected chi connectivity index (χ0v) is 11.1. The first kappa shape index (κ1) is 15.4. The van der Waals surface area contributed by atoms with Gasteiger partial charge in [-0.25, -0.2) is 4.79 Å². The van der Waals surface area contributed by atoms with Crippen molar-refractivity contribution in [2.24, 2.45) is 0 Å². The zero-order chi connectivity index (χ0) is 12.4. The molecule has 1 amide bonds. The smallest absolute Gasteiger partial charge is 0.407 e. The number of nitrogens with one attached hydrogen (secondary N) is 1. The molecule has 0 spiro atoms. The molecule has 0 aliphatic rings. The van der Waals surface area contributed by atoms with Gasteiger partial charge in [0.05, 0.1) is 12.8 Å². The summed E-state index contributed by atoms with van der Waals surface area (Å²) < 4.78 is 15.7. The van der Waals surface area contributed by atoms with E-state index in [0.29, 0.717) is 19.4 Å². The first-order chi connectivity index (χ1) is 7.58. The second-order valence-corrected chi connectivity index (χ2v) is 6.41. The number of hydrogen-bond donors (Lipinski definition) is 2. The lowest BCUT2D eigenvalue weighted by atomic mass is 10.8. The van der Waals surface area contributed by atoms with Gasteiger partial charge < -0.3 is 24.0 Å². The standard InChI is InChI=1S/C9H21NO5Si/c1-4-14-16(3,15-5-2)8-10-9(12)13-7-6-11/h11H,4-8H2,1-3H3,(H,10,12). The molecular formula is C9H21NO5Si. The van der Waals surface area contributed by atoms with Crippen molar-refractivity contribution in [3.05, 3.63) is 0 Å². The Morgan fingerprint density at radius 2 is 1.88 bits per heavy atom. The van der Waals surface area contributed by atoms with Crippen molar-refractivity contribution in [1.29, 1.82) is 0 Å².